The molecule has 88 heavy (non-hydrogen) atoms. The first-order valence-corrected chi connectivity index (χ1v) is 35.1. The minimum atomic E-state index is -2.11. The van der Waals surface area contributed by atoms with Gasteiger partial charge in [0.2, 0.25) is 0 Å². The van der Waals surface area contributed by atoms with E-state index in [1.807, 2.05) is 19.2 Å². The first kappa shape index (κ1) is 62.4. The van der Waals surface area contributed by atoms with Crippen LogP contribution in [0, 0.1) is 117 Å². The lowest BCUT2D eigenvalue weighted by molar-refractivity contribution is -0.233. The number of H-pyrrole nitrogens is 1. The standard InChI is InChI=1S/C68H91N5O13S2/c1-32-7-8-34-20-35-12-16-43-42(46-29-86-63(83)53(46)38-17-18-71-26-38)6-4-5-37-24-68(85)57-55(36-9-13-40(27-72-64(69)70)67(68,23-36)61(37)66(3,84)51(78)22-45(62(81)82)52(35)54(43)44(34)19-32)65(2)25-50(77)59(79)47-31-88-87-30-39(33-10-14-41(75)15-11-33)21-49(76)48(28-74)73-58(57)60(80)56(47)65/h10-11,14-15,17-18,20,26,32,35-37,39-40,42-48,50-56,59,61-62,71,73-75,77-79,81-82,84-85H,5,7-9,12-13,16,19,21-25,27-31H2,1-3H3,(H4,69,70,72)/t32-,35-,36+,37-,39-,40+,42+,43+,44-,45-,46+,47+,48-,50+,51-,52+,53+,54+,55+,56+,59-,61-,65-,66+,67+,68-/m1/s1. The molecule has 6 saturated carbocycles. The van der Waals surface area contributed by atoms with Crippen LogP contribution in [-0.4, -0.2) is 148 Å². The summed E-state index contributed by atoms with van der Waals surface area (Å²) in [7, 11) is 2.96. The Bertz CT molecular complexity index is 3160. The summed E-state index contributed by atoms with van der Waals surface area (Å²) in [4.78, 5) is 53.4. The lowest BCUT2D eigenvalue weighted by Crippen LogP contribution is -2.71. The molecule has 1 aromatic heterocycles. The average Bonchev–Trinajstić information content (AvgIpc) is 1.31. The lowest BCUT2D eigenvalue weighted by Gasteiger charge is -2.69. The van der Waals surface area contributed by atoms with Crippen LogP contribution in [0.2, 0.25) is 0 Å². The number of fused-ring (bicyclic) bond motifs is 8. The van der Waals surface area contributed by atoms with E-state index in [-0.39, 0.29) is 128 Å². The number of aromatic nitrogens is 1. The Morgan fingerprint density at radius 1 is 0.886 bits per heavy atom. The highest BCUT2D eigenvalue weighted by atomic mass is 33.1. The number of nitrogens with one attached hydrogen (secondary N) is 2. The van der Waals surface area contributed by atoms with E-state index < -0.39 is 124 Å². The van der Waals surface area contributed by atoms with Crippen molar-refractivity contribution in [3.8, 4) is 17.6 Å². The molecule has 11 aliphatic rings. The maximum atomic E-state index is 16.5. The number of hydrogen-bond acceptors (Lipinski definition) is 17. The number of aromatic hydroxyl groups is 1. The molecule has 2 saturated heterocycles. The van der Waals surface area contributed by atoms with Crippen molar-refractivity contribution in [2.75, 3.05) is 31.3 Å². The summed E-state index contributed by atoms with van der Waals surface area (Å²) >= 11 is 0. The van der Waals surface area contributed by atoms with E-state index in [1.165, 1.54) is 27.2 Å². The number of carbonyl (C=O) groups is 3. The smallest absolute Gasteiger partial charge is 0.313 e. The number of aliphatic hydroxyl groups excluding tert-OH is 5. The van der Waals surface area contributed by atoms with E-state index in [4.69, 9.17) is 16.2 Å². The van der Waals surface area contributed by atoms with Crippen LogP contribution in [0.3, 0.4) is 0 Å². The number of benzene rings is 1. The molecule has 3 heterocycles. The summed E-state index contributed by atoms with van der Waals surface area (Å²) in [5.74, 6) is -1.01. The number of Topliss-reactive ketones (excluding diaryl/α,β-unsaturated/α-hetero) is 2. The second-order valence-electron chi connectivity index (χ2n) is 29.6. The van der Waals surface area contributed by atoms with Crippen molar-refractivity contribution >= 4 is 45.1 Å². The van der Waals surface area contributed by atoms with Crippen molar-refractivity contribution in [1.29, 1.82) is 0 Å². The maximum absolute atomic E-state index is 16.5. The molecule has 26 atom stereocenters. The summed E-state index contributed by atoms with van der Waals surface area (Å²) < 4.78 is 6.05. The number of ketones is 2. The molecule has 18 nitrogen and oxygen atoms in total. The largest absolute Gasteiger partial charge is 0.508 e. The number of carbonyl (C=O) groups excluding carboxylic acids is 3. The topological polar surface area (TPSA) is 335 Å². The minimum absolute atomic E-state index is 0.00313. The van der Waals surface area contributed by atoms with Crippen molar-refractivity contribution in [2.45, 2.75) is 158 Å². The van der Waals surface area contributed by atoms with E-state index in [2.05, 4.69) is 40.1 Å². The van der Waals surface area contributed by atoms with Gasteiger partial charge in [0.05, 0.1) is 54.3 Å². The zero-order valence-electron chi connectivity index (χ0n) is 50.7. The number of cyclic esters (lactones) is 1. The number of guanidine groups is 1. The van der Waals surface area contributed by atoms with E-state index >= 15 is 14.7 Å². The van der Waals surface area contributed by atoms with Crippen LogP contribution in [0.4, 0.5) is 0 Å². The highest BCUT2D eigenvalue weighted by molar-refractivity contribution is 8.76. The molecular formula is C68H91N5O13S2. The van der Waals surface area contributed by atoms with Gasteiger partial charge >= 0.3 is 5.97 Å². The molecule has 20 heteroatoms. The fourth-order valence-electron chi connectivity index (χ4n) is 21.9. The number of nitrogens with two attached hydrogens (primary N) is 2. The first-order chi connectivity index (χ1) is 42.0. The second-order valence-corrected chi connectivity index (χ2v) is 32.2. The lowest BCUT2D eigenvalue weighted by atomic mass is 9.37. The van der Waals surface area contributed by atoms with Gasteiger partial charge in [-0.1, -0.05) is 65.1 Å². The van der Waals surface area contributed by atoms with Crippen LogP contribution >= 0.6 is 21.6 Å². The fourth-order valence-corrected chi connectivity index (χ4v) is 24.7. The number of aromatic amines is 1. The van der Waals surface area contributed by atoms with E-state index in [1.54, 1.807) is 37.4 Å². The van der Waals surface area contributed by atoms with E-state index in [0.29, 0.717) is 30.1 Å². The molecule has 15 N–H and O–H groups in total. The summed E-state index contributed by atoms with van der Waals surface area (Å²) in [6.07, 6.45) is 5.36. The van der Waals surface area contributed by atoms with Crippen molar-refractivity contribution in [3.05, 3.63) is 76.8 Å². The van der Waals surface area contributed by atoms with Gasteiger partial charge in [-0.2, -0.15) is 0 Å². The second kappa shape index (κ2) is 23.6. The predicted molar refractivity (Wildman–Crippen MR) is 332 cm³/mol. The molecule has 1 spiro atoms. The van der Waals surface area contributed by atoms with Crippen molar-refractivity contribution < 1.29 is 65.1 Å². The fraction of sp³-hybridized carbons (Fsp3) is 0.706. The number of aliphatic hydroxyl groups is 8. The Balaban J connectivity index is 1.02. The number of allylic oxidation sites excluding steroid dienone is 3. The molecule has 0 amide bonds. The molecule has 13 rings (SSSR count). The number of phenolic OH excluding ortho intramolecular Hbond substituents is 1. The van der Waals surface area contributed by atoms with Gasteiger partial charge in [0.15, 0.2) is 23.8 Å². The van der Waals surface area contributed by atoms with Crippen molar-refractivity contribution in [1.82, 2.24) is 10.3 Å². The Morgan fingerprint density at radius 3 is 2.39 bits per heavy atom. The van der Waals surface area contributed by atoms with Gasteiger partial charge in [0, 0.05) is 90.1 Å². The van der Waals surface area contributed by atoms with Crippen LogP contribution in [0.5, 0.6) is 5.75 Å². The molecule has 9 aliphatic carbocycles. The number of ether oxygens (including phenoxy) is 1. The molecule has 1 aromatic carbocycles. The summed E-state index contributed by atoms with van der Waals surface area (Å²) in [5, 5.41) is 116. The van der Waals surface area contributed by atoms with Crippen molar-refractivity contribution in [2.24, 2.45) is 122 Å². The average molecular weight is 1250 g/mol. The van der Waals surface area contributed by atoms with Crippen molar-refractivity contribution in [3.63, 3.8) is 0 Å². The van der Waals surface area contributed by atoms with Crippen LogP contribution in [0.15, 0.2) is 70.6 Å². The number of hydrogen-bond donors (Lipinski definition) is 13. The van der Waals surface area contributed by atoms with Crippen LogP contribution in [0.25, 0.3) is 0 Å². The molecule has 8 fully saturated rings. The molecule has 2 aromatic rings. The monoisotopic (exact) mass is 1250 g/mol. The molecule has 0 radical (unpaired) electrons. The quantitative estimate of drug-likeness (QED) is 0.0329. The Kier molecular flexibility index (Phi) is 16.8. The Hall–Kier alpha value is -4.40. The van der Waals surface area contributed by atoms with Gasteiger partial charge in [0.1, 0.15) is 11.8 Å². The maximum Gasteiger partial charge on any atom is 0.313 e. The zero-order valence-corrected chi connectivity index (χ0v) is 52.3. The Labute approximate surface area is 523 Å². The normalized spacial score (nSPS) is 46.5. The molecule has 0 unspecified atom stereocenters. The predicted octanol–water partition coefficient (Wildman–Crippen LogP) is 5.03. The van der Waals surface area contributed by atoms with Gasteiger partial charge in [-0.05, 0) is 177 Å². The summed E-state index contributed by atoms with van der Waals surface area (Å²) in [6.45, 7) is 5.31. The van der Waals surface area contributed by atoms with Gasteiger partial charge in [-0.15, -0.1) is 5.92 Å². The number of aliphatic imine (C=N–C) groups is 1. The summed E-state index contributed by atoms with van der Waals surface area (Å²) in [6, 6.07) is 7.20. The third-order valence-electron chi connectivity index (χ3n) is 25.3. The van der Waals surface area contributed by atoms with Crippen LogP contribution < -0.4 is 16.8 Å². The van der Waals surface area contributed by atoms with Crippen LogP contribution in [-0.2, 0) is 19.1 Å². The zero-order chi connectivity index (χ0) is 62.1. The Morgan fingerprint density at radius 2 is 1.66 bits per heavy atom. The molecule has 2 aliphatic heterocycles. The van der Waals surface area contributed by atoms with Crippen LogP contribution in [0.1, 0.15) is 127 Å². The number of rotatable bonds is 7. The third-order valence-corrected chi connectivity index (χ3v) is 27.8. The molecular weight excluding hydrogens is 1160 g/mol. The van der Waals surface area contributed by atoms with E-state index in [0.717, 1.165) is 43.2 Å². The van der Waals surface area contributed by atoms with Gasteiger partial charge in [0.25, 0.3) is 0 Å². The first-order valence-electron chi connectivity index (χ1n) is 32.6. The van der Waals surface area contributed by atoms with Gasteiger partial charge in [-0.3, -0.25) is 19.4 Å². The third kappa shape index (κ3) is 9.97. The summed E-state index contributed by atoms with van der Waals surface area (Å²) in [5.41, 5.74) is 8.95. The number of esters is 1. The molecule has 478 valence electrons. The number of nitrogens with zero attached hydrogens (tertiary/aromatic N) is 1. The minimum Gasteiger partial charge on any atom is -0.508 e. The van der Waals surface area contributed by atoms with Gasteiger partial charge < -0.3 is 72.5 Å². The van der Waals surface area contributed by atoms with E-state index in [9.17, 15) is 45.6 Å². The highest BCUT2D eigenvalue weighted by Gasteiger charge is 2.79. The molecule has 8 bridgehead atoms. The van der Waals surface area contributed by atoms with Gasteiger partial charge in [-0.25, -0.2) is 0 Å². The highest BCUT2D eigenvalue weighted by Crippen LogP contribution is 2.77. The number of phenols is 1. The SMILES string of the molecule is C[C@@H]1CCC2=C[C@H]3CC[C@H]4[C@@H]([C@@H]5COC(=O)[C@H]5c5cc[nH]c5)C#CC[C@@H]5C[C@@]6(O)C7=C8N[C@H](CO)C(=O)C[C@@H](c9ccc(O)cc9)CSSC[C@@H]9[C@@H](O)[C@@H](O)C[C@](C)([C@H]7[C@H]7CC[C@@H](CN=C(N)N)[C@@]6(C7)[C@H]5[C@@](C)(O)[C@H](O)C[C@@H](C(O)O)[C@H]3[C@@H]4[C@@H]2C1)[C@@H]9C8=O.